The fourth-order valence-corrected chi connectivity index (χ4v) is 2.88. The number of likely N-dealkylation sites (tertiary alicyclic amines) is 1. The third kappa shape index (κ3) is 2.14. The van der Waals surface area contributed by atoms with E-state index in [4.69, 9.17) is 0 Å². The van der Waals surface area contributed by atoms with Gasteiger partial charge in [-0.1, -0.05) is 0 Å². The van der Waals surface area contributed by atoms with Gasteiger partial charge in [0.1, 0.15) is 5.54 Å². The van der Waals surface area contributed by atoms with Crippen LogP contribution >= 0.6 is 0 Å². The van der Waals surface area contributed by atoms with Crippen LogP contribution in [0.5, 0.6) is 0 Å². The molecule has 1 spiro atoms. The molecule has 1 unspecified atom stereocenters. The third-order valence-corrected chi connectivity index (χ3v) is 4.03. The van der Waals surface area contributed by atoms with E-state index in [1.165, 1.54) is 0 Å². The van der Waals surface area contributed by atoms with Gasteiger partial charge in [0.15, 0.2) is 0 Å². The summed E-state index contributed by atoms with van der Waals surface area (Å²) in [6.07, 6.45) is 0.425. The Labute approximate surface area is 121 Å². The molecule has 0 bridgehead atoms. The standard InChI is InChI=1S/C14H16N4O3/c1-8-3-4-10(9(2)15-8)11(19)18-6-5-14(7-18)12(20)16-13(21)17-14/h3-4H,5-7H2,1-2H3,(H2,16,17,20,21). The molecule has 0 aliphatic carbocycles. The Morgan fingerprint density at radius 2 is 2.10 bits per heavy atom. The summed E-state index contributed by atoms with van der Waals surface area (Å²) in [5.41, 5.74) is 1.08. The number of carbonyl (C=O) groups is 3. The zero-order chi connectivity index (χ0) is 15.2. The fourth-order valence-electron chi connectivity index (χ4n) is 2.88. The van der Waals surface area contributed by atoms with E-state index in [-0.39, 0.29) is 18.4 Å². The molecule has 0 aromatic carbocycles. The van der Waals surface area contributed by atoms with Crippen LogP contribution in [0.1, 0.15) is 28.2 Å². The van der Waals surface area contributed by atoms with Crippen LogP contribution in [0.3, 0.4) is 0 Å². The Morgan fingerprint density at radius 1 is 1.33 bits per heavy atom. The molecule has 110 valence electrons. The molecule has 2 saturated heterocycles. The van der Waals surface area contributed by atoms with Crippen LogP contribution in [0, 0.1) is 13.8 Å². The maximum absolute atomic E-state index is 12.5. The van der Waals surface area contributed by atoms with E-state index < -0.39 is 11.6 Å². The van der Waals surface area contributed by atoms with Crippen molar-refractivity contribution in [2.24, 2.45) is 0 Å². The number of nitrogens with zero attached hydrogens (tertiary/aromatic N) is 2. The smallest absolute Gasteiger partial charge is 0.322 e. The summed E-state index contributed by atoms with van der Waals surface area (Å²) < 4.78 is 0. The molecule has 7 heteroatoms. The van der Waals surface area contributed by atoms with Crippen molar-refractivity contribution in [2.45, 2.75) is 25.8 Å². The van der Waals surface area contributed by atoms with E-state index in [0.29, 0.717) is 24.2 Å². The highest BCUT2D eigenvalue weighted by Crippen LogP contribution is 2.26. The first kappa shape index (κ1) is 13.5. The number of carbonyl (C=O) groups excluding carboxylic acids is 3. The van der Waals surface area contributed by atoms with Crippen LogP contribution in [0.2, 0.25) is 0 Å². The number of rotatable bonds is 1. The summed E-state index contributed by atoms with van der Waals surface area (Å²) in [6.45, 7) is 4.27. The number of amides is 4. The lowest BCUT2D eigenvalue weighted by Crippen LogP contribution is -2.49. The van der Waals surface area contributed by atoms with Crippen LogP contribution in [-0.2, 0) is 4.79 Å². The zero-order valence-electron chi connectivity index (χ0n) is 11.9. The second-order valence-electron chi connectivity index (χ2n) is 5.55. The molecule has 2 aliphatic heterocycles. The number of urea groups is 1. The first-order chi connectivity index (χ1) is 9.91. The van der Waals surface area contributed by atoms with E-state index in [1.54, 1.807) is 24.0 Å². The van der Waals surface area contributed by atoms with Gasteiger partial charge in [0, 0.05) is 12.2 Å². The van der Waals surface area contributed by atoms with Crippen molar-refractivity contribution in [2.75, 3.05) is 13.1 Å². The molecule has 4 amide bonds. The quantitative estimate of drug-likeness (QED) is 0.718. The van der Waals surface area contributed by atoms with Gasteiger partial charge < -0.3 is 10.2 Å². The van der Waals surface area contributed by atoms with Crippen LogP contribution < -0.4 is 10.6 Å². The van der Waals surface area contributed by atoms with E-state index in [9.17, 15) is 14.4 Å². The predicted molar refractivity (Wildman–Crippen MR) is 73.6 cm³/mol. The lowest BCUT2D eigenvalue weighted by atomic mass is 9.99. The number of nitrogens with one attached hydrogen (secondary N) is 2. The van der Waals surface area contributed by atoms with Crippen molar-refractivity contribution in [3.63, 3.8) is 0 Å². The number of aromatic nitrogens is 1. The number of pyridine rings is 1. The van der Waals surface area contributed by atoms with Crippen LogP contribution in [0.15, 0.2) is 12.1 Å². The number of aryl methyl sites for hydroxylation is 2. The molecule has 3 rings (SSSR count). The molecule has 1 aromatic rings. The normalized spacial score (nSPS) is 24.4. The Morgan fingerprint density at radius 3 is 2.71 bits per heavy atom. The van der Waals surface area contributed by atoms with Crippen molar-refractivity contribution in [1.29, 1.82) is 0 Å². The highest BCUT2D eigenvalue weighted by Gasteiger charge is 2.51. The zero-order valence-corrected chi connectivity index (χ0v) is 11.9. The highest BCUT2D eigenvalue weighted by molar-refractivity contribution is 6.08. The molecule has 7 nitrogen and oxygen atoms in total. The number of imide groups is 1. The van der Waals surface area contributed by atoms with Crippen molar-refractivity contribution < 1.29 is 14.4 Å². The molecule has 0 radical (unpaired) electrons. The predicted octanol–water partition coefficient (Wildman–Crippen LogP) is 0.123. The Kier molecular flexibility index (Phi) is 2.93. The minimum absolute atomic E-state index is 0.161. The molecular formula is C14H16N4O3. The molecule has 1 aromatic heterocycles. The van der Waals surface area contributed by atoms with E-state index in [0.717, 1.165) is 5.69 Å². The molecule has 2 fully saturated rings. The SMILES string of the molecule is Cc1ccc(C(=O)N2CCC3(C2)NC(=O)NC3=O)c(C)n1. The Hall–Kier alpha value is -2.44. The molecular weight excluding hydrogens is 272 g/mol. The summed E-state index contributed by atoms with van der Waals surface area (Å²) in [7, 11) is 0. The largest absolute Gasteiger partial charge is 0.336 e. The number of hydrogen-bond donors (Lipinski definition) is 2. The average molecular weight is 288 g/mol. The Balaban J connectivity index is 1.82. The monoisotopic (exact) mass is 288 g/mol. The maximum atomic E-state index is 12.5. The first-order valence-electron chi connectivity index (χ1n) is 6.78. The lowest BCUT2D eigenvalue weighted by molar-refractivity contribution is -0.123. The molecule has 3 heterocycles. The van der Waals surface area contributed by atoms with Gasteiger partial charge in [-0.25, -0.2) is 4.79 Å². The van der Waals surface area contributed by atoms with Crippen LogP contribution in [0.4, 0.5) is 4.79 Å². The van der Waals surface area contributed by atoms with E-state index in [1.807, 2.05) is 6.92 Å². The molecule has 2 aliphatic rings. The van der Waals surface area contributed by atoms with Gasteiger partial charge in [-0.15, -0.1) is 0 Å². The van der Waals surface area contributed by atoms with Gasteiger partial charge in [-0.3, -0.25) is 19.9 Å². The lowest BCUT2D eigenvalue weighted by Gasteiger charge is -2.21. The van der Waals surface area contributed by atoms with Gasteiger partial charge in [0.2, 0.25) is 0 Å². The molecule has 2 N–H and O–H groups in total. The average Bonchev–Trinajstić information content (AvgIpc) is 2.94. The number of hydrogen-bond acceptors (Lipinski definition) is 4. The van der Waals surface area contributed by atoms with E-state index in [2.05, 4.69) is 15.6 Å². The van der Waals surface area contributed by atoms with Gasteiger partial charge in [0.05, 0.1) is 17.8 Å². The topological polar surface area (TPSA) is 91.4 Å². The van der Waals surface area contributed by atoms with Gasteiger partial charge in [-0.2, -0.15) is 0 Å². The highest BCUT2D eigenvalue weighted by atomic mass is 16.2. The van der Waals surface area contributed by atoms with E-state index >= 15 is 0 Å². The van der Waals surface area contributed by atoms with Gasteiger partial charge >= 0.3 is 6.03 Å². The fraction of sp³-hybridized carbons (Fsp3) is 0.429. The van der Waals surface area contributed by atoms with Crippen LogP contribution in [0.25, 0.3) is 0 Å². The molecule has 21 heavy (non-hydrogen) atoms. The Bertz CT molecular complexity index is 658. The second kappa shape index (κ2) is 4.54. The molecule has 0 saturated carbocycles. The minimum atomic E-state index is -0.973. The summed E-state index contributed by atoms with van der Waals surface area (Å²) in [5.74, 6) is -0.521. The van der Waals surface area contributed by atoms with Crippen molar-refractivity contribution in [3.8, 4) is 0 Å². The molecule has 1 atom stereocenters. The minimum Gasteiger partial charge on any atom is -0.336 e. The van der Waals surface area contributed by atoms with Crippen molar-refractivity contribution >= 4 is 17.8 Å². The summed E-state index contributed by atoms with van der Waals surface area (Å²) in [6, 6.07) is 3.04. The first-order valence-corrected chi connectivity index (χ1v) is 6.78. The summed E-state index contributed by atoms with van der Waals surface area (Å²) in [4.78, 5) is 41.6. The third-order valence-electron chi connectivity index (χ3n) is 4.03. The summed E-state index contributed by atoms with van der Waals surface area (Å²) in [5, 5.41) is 4.86. The van der Waals surface area contributed by atoms with Gasteiger partial charge in [0.25, 0.3) is 11.8 Å². The van der Waals surface area contributed by atoms with Gasteiger partial charge in [-0.05, 0) is 32.4 Å². The summed E-state index contributed by atoms with van der Waals surface area (Å²) >= 11 is 0. The maximum Gasteiger partial charge on any atom is 0.322 e. The van der Waals surface area contributed by atoms with Crippen molar-refractivity contribution in [1.82, 2.24) is 20.5 Å². The second-order valence-corrected chi connectivity index (χ2v) is 5.55. The van der Waals surface area contributed by atoms with Crippen LogP contribution in [-0.4, -0.2) is 46.4 Å². The van der Waals surface area contributed by atoms with Crippen molar-refractivity contribution in [3.05, 3.63) is 29.1 Å².